The zero-order chi connectivity index (χ0) is 15.1. The molecule has 1 aliphatic heterocycles. The number of benzene rings is 1. The molecule has 0 aromatic heterocycles. The molecule has 1 aromatic rings. The van der Waals surface area contributed by atoms with Crippen LogP contribution in [-0.2, 0) is 4.74 Å². The monoisotopic (exact) mass is 348 g/mol. The summed E-state index contributed by atoms with van der Waals surface area (Å²) < 4.78 is 10.6. The summed E-state index contributed by atoms with van der Waals surface area (Å²) in [7, 11) is 1.61. The second kappa shape index (κ2) is 9.90. The highest BCUT2D eigenvalue weighted by Crippen LogP contribution is 2.24. The van der Waals surface area contributed by atoms with E-state index >= 15 is 0 Å². The Morgan fingerprint density at radius 3 is 2.91 bits per heavy atom. The van der Waals surface area contributed by atoms with Gasteiger partial charge in [0.15, 0.2) is 0 Å². The van der Waals surface area contributed by atoms with Crippen LogP contribution in [0.1, 0.15) is 16.8 Å². The minimum Gasteiger partial charge on any atom is -0.490 e. The maximum absolute atomic E-state index is 12.7. The molecule has 0 spiro atoms. The van der Waals surface area contributed by atoms with Gasteiger partial charge in [-0.15, -0.1) is 12.4 Å². The minimum absolute atomic E-state index is 0. The molecule has 1 aromatic carbocycles. The topological polar surface area (TPSA) is 50.8 Å². The highest BCUT2D eigenvalue weighted by Gasteiger charge is 2.21. The summed E-state index contributed by atoms with van der Waals surface area (Å²) in [5, 5.41) is 3.82. The van der Waals surface area contributed by atoms with Gasteiger partial charge in [0, 0.05) is 31.8 Å². The van der Waals surface area contributed by atoms with Crippen molar-refractivity contribution in [2.24, 2.45) is 0 Å². The summed E-state index contributed by atoms with van der Waals surface area (Å²) in [5.41, 5.74) is 0.514. The van der Waals surface area contributed by atoms with Crippen LogP contribution in [-0.4, -0.2) is 57.3 Å². The first kappa shape index (κ1) is 19.0. The Bertz CT molecular complexity index is 478. The molecule has 5 nitrogen and oxygen atoms in total. The molecule has 2 rings (SSSR count). The number of ether oxygens (including phenoxy) is 2. The summed E-state index contributed by atoms with van der Waals surface area (Å²) in [4.78, 5) is 14.5. The molecule has 0 bridgehead atoms. The lowest BCUT2D eigenvalue weighted by Gasteiger charge is -2.21. The fraction of sp³-hybridized carbons (Fsp3) is 0.533. The lowest BCUT2D eigenvalue weighted by molar-refractivity contribution is 0.0759. The van der Waals surface area contributed by atoms with Gasteiger partial charge in [-0.1, -0.05) is 11.6 Å². The molecule has 1 saturated heterocycles. The van der Waals surface area contributed by atoms with E-state index in [1.807, 2.05) is 4.90 Å². The van der Waals surface area contributed by atoms with Crippen LogP contribution in [0, 0.1) is 0 Å². The van der Waals surface area contributed by atoms with Gasteiger partial charge in [-0.05, 0) is 31.2 Å². The maximum Gasteiger partial charge on any atom is 0.257 e. The van der Waals surface area contributed by atoms with E-state index in [4.69, 9.17) is 21.1 Å². The first-order valence-corrected chi connectivity index (χ1v) is 7.51. The molecule has 0 aliphatic carbocycles. The van der Waals surface area contributed by atoms with E-state index in [9.17, 15) is 4.79 Å². The van der Waals surface area contributed by atoms with Crippen molar-refractivity contribution in [3.63, 3.8) is 0 Å². The van der Waals surface area contributed by atoms with E-state index in [2.05, 4.69) is 5.32 Å². The number of amides is 1. The fourth-order valence-electron chi connectivity index (χ4n) is 2.25. The summed E-state index contributed by atoms with van der Waals surface area (Å²) in [6, 6.07) is 5.14. The number of carbonyl (C=O) groups is 1. The Morgan fingerprint density at radius 2 is 2.14 bits per heavy atom. The van der Waals surface area contributed by atoms with Gasteiger partial charge in [0.25, 0.3) is 5.91 Å². The van der Waals surface area contributed by atoms with Crippen molar-refractivity contribution < 1.29 is 14.3 Å². The fourth-order valence-corrected chi connectivity index (χ4v) is 2.42. The normalized spacial score (nSPS) is 14.9. The highest BCUT2D eigenvalue weighted by molar-refractivity contribution is 6.31. The standard InChI is InChI=1S/C15H21ClN2O3.ClH/c1-20-9-10-21-14-4-3-12(16)11-13(14)15(19)18-7-2-5-17-6-8-18;/h3-4,11,17H,2,5-10H2,1H3;1H. The van der Waals surface area contributed by atoms with Gasteiger partial charge in [0.05, 0.1) is 12.2 Å². The van der Waals surface area contributed by atoms with Gasteiger partial charge < -0.3 is 19.7 Å². The number of nitrogens with zero attached hydrogens (tertiary/aromatic N) is 1. The van der Waals surface area contributed by atoms with Crippen LogP contribution < -0.4 is 10.1 Å². The number of hydrogen-bond acceptors (Lipinski definition) is 4. The van der Waals surface area contributed by atoms with E-state index in [0.29, 0.717) is 36.1 Å². The van der Waals surface area contributed by atoms with Crippen molar-refractivity contribution in [3.8, 4) is 5.75 Å². The smallest absolute Gasteiger partial charge is 0.257 e. The van der Waals surface area contributed by atoms with Crippen LogP contribution in [0.2, 0.25) is 5.02 Å². The van der Waals surface area contributed by atoms with Crippen LogP contribution in [0.3, 0.4) is 0 Å². The van der Waals surface area contributed by atoms with E-state index < -0.39 is 0 Å². The molecule has 7 heteroatoms. The van der Waals surface area contributed by atoms with Crippen molar-refractivity contribution in [3.05, 3.63) is 28.8 Å². The molecule has 124 valence electrons. The Morgan fingerprint density at radius 1 is 1.32 bits per heavy atom. The zero-order valence-electron chi connectivity index (χ0n) is 12.6. The molecule has 0 saturated carbocycles. The third kappa shape index (κ3) is 5.32. The molecule has 1 aliphatic rings. The predicted octanol–water partition coefficient (Wildman–Crippen LogP) is 2.22. The van der Waals surface area contributed by atoms with Gasteiger partial charge in [-0.25, -0.2) is 0 Å². The number of carbonyl (C=O) groups excluding carboxylic acids is 1. The highest BCUT2D eigenvalue weighted by atomic mass is 35.5. The van der Waals surface area contributed by atoms with Gasteiger partial charge in [-0.2, -0.15) is 0 Å². The lowest BCUT2D eigenvalue weighted by atomic mass is 10.1. The van der Waals surface area contributed by atoms with Gasteiger partial charge in [0.2, 0.25) is 0 Å². The number of rotatable bonds is 5. The molecular formula is C15H22Cl2N2O3. The summed E-state index contributed by atoms with van der Waals surface area (Å²) in [6.07, 6.45) is 0.951. The van der Waals surface area contributed by atoms with E-state index in [-0.39, 0.29) is 18.3 Å². The first-order valence-electron chi connectivity index (χ1n) is 7.13. The zero-order valence-corrected chi connectivity index (χ0v) is 14.2. The number of methoxy groups -OCH3 is 1. The second-order valence-electron chi connectivity index (χ2n) is 4.88. The van der Waals surface area contributed by atoms with Crippen molar-refractivity contribution in [2.45, 2.75) is 6.42 Å². The van der Waals surface area contributed by atoms with Crippen molar-refractivity contribution in [1.82, 2.24) is 10.2 Å². The lowest BCUT2D eigenvalue weighted by Crippen LogP contribution is -2.34. The van der Waals surface area contributed by atoms with Crippen LogP contribution >= 0.6 is 24.0 Å². The number of halogens is 2. The van der Waals surface area contributed by atoms with Crippen LogP contribution in [0.4, 0.5) is 0 Å². The number of hydrogen-bond donors (Lipinski definition) is 1. The molecule has 22 heavy (non-hydrogen) atoms. The maximum atomic E-state index is 12.7. The molecule has 1 N–H and O–H groups in total. The van der Waals surface area contributed by atoms with Crippen LogP contribution in [0.25, 0.3) is 0 Å². The number of nitrogens with one attached hydrogen (secondary N) is 1. The van der Waals surface area contributed by atoms with Crippen molar-refractivity contribution >= 4 is 29.9 Å². The minimum atomic E-state index is -0.0337. The molecular weight excluding hydrogens is 327 g/mol. The van der Waals surface area contributed by atoms with E-state index in [0.717, 1.165) is 26.1 Å². The SMILES string of the molecule is COCCOc1ccc(Cl)cc1C(=O)N1CCCNCC1.Cl. The summed E-state index contributed by atoms with van der Waals surface area (Å²) >= 11 is 6.03. The molecule has 1 amide bonds. The second-order valence-corrected chi connectivity index (χ2v) is 5.31. The van der Waals surface area contributed by atoms with Crippen LogP contribution in [0.15, 0.2) is 18.2 Å². The summed E-state index contributed by atoms with van der Waals surface area (Å²) in [6.45, 7) is 4.07. The first-order chi connectivity index (χ1) is 10.2. The van der Waals surface area contributed by atoms with E-state index in [1.165, 1.54) is 0 Å². The van der Waals surface area contributed by atoms with Crippen LogP contribution in [0.5, 0.6) is 5.75 Å². The Balaban J connectivity index is 0.00000242. The molecule has 1 heterocycles. The largest absolute Gasteiger partial charge is 0.490 e. The van der Waals surface area contributed by atoms with Gasteiger partial charge >= 0.3 is 0 Å². The van der Waals surface area contributed by atoms with Gasteiger partial charge in [-0.3, -0.25) is 4.79 Å². The van der Waals surface area contributed by atoms with E-state index in [1.54, 1.807) is 25.3 Å². The Kier molecular flexibility index (Phi) is 8.56. The quantitative estimate of drug-likeness (QED) is 0.829. The Labute approximate surface area is 142 Å². The third-order valence-corrected chi connectivity index (χ3v) is 3.58. The third-order valence-electron chi connectivity index (χ3n) is 3.34. The van der Waals surface area contributed by atoms with Gasteiger partial charge in [0.1, 0.15) is 12.4 Å². The molecule has 0 atom stereocenters. The average Bonchev–Trinajstić information content (AvgIpc) is 2.77. The molecule has 1 fully saturated rings. The molecule has 0 unspecified atom stereocenters. The van der Waals surface area contributed by atoms with Crippen molar-refractivity contribution in [1.29, 1.82) is 0 Å². The summed E-state index contributed by atoms with van der Waals surface area (Å²) in [5.74, 6) is 0.521. The average molecular weight is 349 g/mol. The molecule has 0 radical (unpaired) electrons. The Hall–Kier alpha value is -1.01. The predicted molar refractivity (Wildman–Crippen MR) is 89.5 cm³/mol. The van der Waals surface area contributed by atoms with Crippen molar-refractivity contribution in [2.75, 3.05) is 46.5 Å².